The molecule has 2 heterocycles. The number of hydrogen-bond acceptors (Lipinski definition) is 5. The maximum atomic E-state index is 5.89. The van der Waals surface area contributed by atoms with Gasteiger partial charge in [0, 0.05) is 16.5 Å². The number of fused-ring (bicyclic) bond motifs is 1. The number of nitrogen functional groups attached to an aromatic ring is 1. The first-order chi connectivity index (χ1) is 11.6. The monoisotopic (exact) mass is 337 g/mol. The van der Waals surface area contributed by atoms with Crippen molar-refractivity contribution < 1.29 is 4.74 Å². The van der Waals surface area contributed by atoms with Crippen LogP contribution in [-0.4, -0.2) is 16.6 Å². The van der Waals surface area contributed by atoms with Crippen molar-refractivity contribution in [1.82, 2.24) is 9.97 Å². The molecule has 2 aromatic heterocycles. The van der Waals surface area contributed by atoms with E-state index in [0.29, 0.717) is 18.2 Å². The number of benzene rings is 1. The molecule has 5 heteroatoms. The average Bonchev–Trinajstić information content (AvgIpc) is 2.99. The summed E-state index contributed by atoms with van der Waals surface area (Å²) < 4.78 is 6.42. The fourth-order valence-electron chi connectivity index (χ4n) is 2.44. The second-order valence-corrected chi connectivity index (χ2v) is 6.27. The van der Waals surface area contributed by atoms with Gasteiger partial charge in [-0.1, -0.05) is 30.9 Å². The van der Waals surface area contributed by atoms with Gasteiger partial charge in [-0.3, -0.25) is 0 Å². The molecule has 0 saturated heterocycles. The highest BCUT2D eigenvalue weighted by Crippen LogP contribution is 2.29. The molecule has 1 aromatic carbocycles. The molecule has 24 heavy (non-hydrogen) atoms. The van der Waals surface area contributed by atoms with Crippen LogP contribution in [0.3, 0.4) is 0 Å². The van der Waals surface area contributed by atoms with Crippen LogP contribution in [0.25, 0.3) is 28.1 Å². The van der Waals surface area contributed by atoms with Crippen LogP contribution >= 0.6 is 11.3 Å². The van der Waals surface area contributed by atoms with Crippen LogP contribution in [-0.2, 0) is 4.74 Å². The van der Waals surface area contributed by atoms with E-state index in [1.165, 1.54) is 11.9 Å². The predicted octanol–water partition coefficient (Wildman–Crippen LogP) is 4.76. The summed E-state index contributed by atoms with van der Waals surface area (Å²) in [5, 5.41) is 2.05. The van der Waals surface area contributed by atoms with Crippen LogP contribution in [0.2, 0.25) is 0 Å². The summed E-state index contributed by atoms with van der Waals surface area (Å²) >= 11 is 1.56. The third kappa shape index (κ3) is 3.16. The Kier molecular flexibility index (Phi) is 4.62. The van der Waals surface area contributed by atoms with Crippen molar-refractivity contribution in [3.8, 4) is 0 Å². The van der Waals surface area contributed by atoms with Gasteiger partial charge in [0.2, 0.25) is 0 Å². The van der Waals surface area contributed by atoms with Gasteiger partial charge in [0.25, 0.3) is 0 Å². The first kappa shape index (κ1) is 16.2. The molecule has 0 aliphatic rings. The molecule has 0 saturated carbocycles. The summed E-state index contributed by atoms with van der Waals surface area (Å²) in [5.41, 5.74) is 11.1. The lowest BCUT2D eigenvalue weighted by Crippen LogP contribution is -1.92. The lowest BCUT2D eigenvalue weighted by Gasteiger charge is -2.09. The molecule has 4 nitrogen and oxygen atoms in total. The van der Waals surface area contributed by atoms with Crippen LogP contribution in [0.1, 0.15) is 29.2 Å². The Bertz CT molecular complexity index is 928. The Morgan fingerprint density at radius 1 is 1.29 bits per heavy atom. The summed E-state index contributed by atoms with van der Waals surface area (Å²) in [6.45, 7) is 8.62. The predicted molar refractivity (Wildman–Crippen MR) is 103 cm³/mol. The minimum Gasteiger partial charge on any atom is -0.494 e. The van der Waals surface area contributed by atoms with E-state index < -0.39 is 0 Å². The van der Waals surface area contributed by atoms with Gasteiger partial charge in [-0.2, -0.15) is 0 Å². The Morgan fingerprint density at radius 2 is 2.08 bits per heavy atom. The molecule has 0 aliphatic heterocycles. The summed E-state index contributed by atoms with van der Waals surface area (Å²) in [6.07, 6.45) is 5.64. The quantitative estimate of drug-likeness (QED) is 0.682. The smallest absolute Gasteiger partial charge is 0.144 e. The van der Waals surface area contributed by atoms with Crippen LogP contribution in [0.5, 0.6) is 0 Å². The molecular formula is C19H19N3OS. The molecule has 3 rings (SSSR count). The van der Waals surface area contributed by atoms with Crippen LogP contribution < -0.4 is 5.73 Å². The second kappa shape index (κ2) is 6.84. The number of aromatic nitrogens is 2. The molecule has 0 aliphatic carbocycles. The standard InChI is InChI=1S/C19H19N3OS/c1-4-23-13(3)15-6-5-12(2)14(9-15)7-8-16-10-24-18-17(16)21-11-22-19(18)20/h5-11H,3-4H2,1-2H3,(H2,20,21,22)/b8-7+. The zero-order valence-corrected chi connectivity index (χ0v) is 14.6. The number of thiophene rings is 1. The molecule has 2 N–H and O–H groups in total. The molecule has 0 radical (unpaired) electrons. The van der Waals surface area contributed by atoms with Crippen LogP contribution in [0.4, 0.5) is 5.82 Å². The third-order valence-corrected chi connectivity index (χ3v) is 4.78. The van der Waals surface area contributed by atoms with E-state index >= 15 is 0 Å². The summed E-state index contributed by atoms with van der Waals surface area (Å²) in [4.78, 5) is 8.37. The molecule has 122 valence electrons. The highest BCUT2D eigenvalue weighted by molar-refractivity contribution is 7.18. The van der Waals surface area contributed by atoms with E-state index in [-0.39, 0.29) is 0 Å². The zero-order valence-electron chi connectivity index (χ0n) is 13.7. The highest BCUT2D eigenvalue weighted by Gasteiger charge is 2.07. The first-order valence-electron chi connectivity index (χ1n) is 7.68. The number of anilines is 1. The lowest BCUT2D eigenvalue weighted by molar-refractivity contribution is 0.299. The maximum absolute atomic E-state index is 5.89. The minimum absolute atomic E-state index is 0.524. The van der Waals surface area contributed by atoms with Gasteiger partial charge in [0.05, 0.1) is 16.8 Å². The van der Waals surface area contributed by atoms with E-state index in [9.17, 15) is 0 Å². The van der Waals surface area contributed by atoms with Gasteiger partial charge in [-0.15, -0.1) is 11.3 Å². The van der Waals surface area contributed by atoms with Gasteiger partial charge < -0.3 is 10.5 Å². The Hall–Kier alpha value is -2.66. The van der Waals surface area contributed by atoms with Gasteiger partial charge in [-0.25, -0.2) is 9.97 Å². The lowest BCUT2D eigenvalue weighted by atomic mass is 10.0. The fraction of sp³-hybridized carbons (Fsp3) is 0.158. The Morgan fingerprint density at radius 3 is 2.88 bits per heavy atom. The van der Waals surface area contributed by atoms with E-state index in [0.717, 1.165) is 26.9 Å². The van der Waals surface area contributed by atoms with Crippen molar-refractivity contribution in [2.75, 3.05) is 12.3 Å². The van der Waals surface area contributed by atoms with E-state index in [2.05, 4.69) is 47.8 Å². The molecule has 0 amide bonds. The molecule has 0 spiro atoms. The number of ether oxygens (including phenoxy) is 1. The van der Waals surface area contributed by atoms with Crippen molar-refractivity contribution in [3.63, 3.8) is 0 Å². The zero-order chi connectivity index (χ0) is 17.1. The van der Waals surface area contributed by atoms with Gasteiger partial charge in [0.1, 0.15) is 17.9 Å². The average molecular weight is 337 g/mol. The molecule has 3 aromatic rings. The Labute approximate surface area is 145 Å². The molecule has 0 unspecified atom stereocenters. The van der Waals surface area contributed by atoms with Crippen molar-refractivity contribution >= 4 is 45.3 Å². The van der Waals surface area contributed by atoms with Crippen LogP contribution in [0.15, 0.2) is 36.5 Å². The van der Waals surface area contributed by atoms with E-state index in [1.807, 2.05) is 18.4 Å². The van der Waals surface area contributed by atoms with Crippen molar-refractivity contribution in [2.45, 2.75) is 13.8 Å². The normalized spacial score (nSPS) is 11.2. The maximum Gasteiger partial charge on any atom is 0.144 e. The fourth-order valence-corrected chi connectivity index (χ4v) is 3.33. The Balaban J connectivity index is 1.95. The number of aryl methyl sites for hydroxylation is 1. The summed E-state index contributed by atoms with van der Waals surface area (Å²) in [5.74, 6) is 1.21. The summed E-state index contributed by atoms with van der Waals surface area (Å²) in [6, 6.07) is 6.19. The molecule has 0 atom stereocenters. The van der Waals surface area contributed by atoms with Gasteiger partial charge >= 0.3 is 0 Å². The van der Waals surface area contributed by atoms with E-state index in [1.54, 1.807) is 11.3 Å². The number of hydrogen-bond donors (Lipinski definition) is 1. The molecule has 0 fully saturated rings. The number of rotatable bonds is 5. The second-order valence-electron chi connectivity index (χ2n) is 5.39. The van der Waals surface area contributed by atoms with Gasteiger partial charge in [-0.05, 0) is 31.0 Å². The number of nitrogens with zero attached hydrogens (tertiary/aromatic N) is 2. The highest BCUT2D eigenvalue weighted by atomic mass is 32.1. The topological polar surface area (TPSA) is 61.0 Å². The van der Waals surface area contributed by atoms with Crippen LogP contribution in [0, 0.1) is 6.92 Å². The van der Waals surface area contributed by atoms with E-state index in [4.69, 9.17) is 10.5 Å². The number of nitrogens with two attached hydrogens (primary N) is 1. The summed E-state index contributed by atoms with van der Waals surface area (Å²) in [7, 11) is 0. The largest absolute Gasteiger partial charge is 0.494 e. The van der Waals surface area contributed by atoms with Gasteiger partial charge in [0.15, 0.2) is 0 Å². The van der Waals surface area contributed by atoms with Crippen molar-refractivity contribution in [3.05, 3.63) is 58.7 Å². The minimum atomic E-state index is 0.524. The SMILES string of the molecule is C=C(OCC)c1ccc(C)c(/C=C/c2csc3c(N)ncnc23)c1. The molecular weight excluding hydrogens is 318 g/mol. The van der Waals surface area contributed by atoms with Crippen molar-refractivity contribution in [2.24, 2.45) is 0 Å². The van der Waals surface area contributed by atoms with Crippen molar-refractivity contribution in [1.29, 1.82) is 0 Å². The molecule has 0 bridgehead atoms. The first-order valence-corrected chi connectivity index (χ1v) is 8.56. The third-order valence-electron chi connectivity index (χ3n) is 3.77.